The fourth-order valence-corrected chi connectivity index (χ4v) is 4.05. The van der Waals surface area contributed by atoms with Crippen LogP contribution in [-0.2, 0) is 42.5 Å². The second kappa shape index (κ2) is 12.4. The maximum atomic E-state index is 6.55. The first kappa shape index (κ1) is 24.9. The summed E-state index contributed by atoms with van der Waals surface area (Å²) in [6.07, 6.45) is 4.00. The molecule has 28 heavy (non-hydrogen) atoms. The minimum atomic E-state index is -0.0598. The molecule has 2 aromatic rings. The molecule has 157 valence electrons. The molecule has 4 N–H and O–H groups in total. The van der Waals surface area contributed by atoms with E-state index in [9.17, 15) is 0 Å². The molecule has 0 aliphatic heterocycles. The molecular weight excluding hydrogens is 389 g/mol. The third-order valence-corrected chi connectivity index (χ3v) is 5.49. The van der Waals surface area contributed by atoms with Crippen molar-refractivity contribution >= 4 is 0 Å². The topological polar surface area (TPSA) is 66.1 Å². The second-order valence-corrected chi connectivity index (χ2v) is 7.20. The van der Waals surface area contributed by atoms with E-state index < -0.39 is 0 Å². The van der Waals surface area contributed by atoms with Crippen LogP contribution in [0.1, 0.15) is 73.2 Å². The molecule has 2 rings (SSSR count). The molecule has 0 amide bonds. The Hall–Kier alpha value is -1.17. The Bertz CT molecular complexity index is 624. The molecule has 1 radical (unpaired) electrons. The summed E-state index contributed by atoms with van der Waals surface area (Å²) in [7, 11) is 0. The SMILES string of the molecule is CCc1cccc(CC)c1C(N)C[N-]CC(N)c1c(CC)cccc1CC.[Co]. The molecule has 0 aliphatic carbocycles. The summed E-state index contributed by atoms with van der Waals surface area (Å²) in [5.41, 5.74) is 21.0. The van der Waals surface area contributed by atoms with E-state index in [0.717, 1.165) is 25.7 Å². The zero-order valence-corrected chi connectivity index (χ0v) is 18.8. The van der Waals surface area contributed by atoms with Crippen molar-refractivity contribution in [2.24, 2.45) is 11.5 Å². The van der Waals surface area contributed by atoms with Gasteiger partial charge in [-0.3, -0.25) is 0 Å². The molecule has 2 atom stereocenters. The van der Waals surface area contributed by atoms with Crippen LogP contribution in [0.2, 0.25) is 0 Å². The predicted octanol–water partition coefficient (Wildman–Crippen LogP) is 5.01. The van der Waals surface area contributed by atoms with Crippen molar-refractivity contribution in [3.8, 4) is 0 Å². The van der Waals surface area contributed by atoms with Crippen molar-refractivity contribution in [2.75, 3.05) is 13.1 Å². The van der Waals surface area contributed by atoms with Gasteiger partial charge in [-0.2, -0.15) is 0 Å². The van der Waals surface area contributed by atoms with E-state index in [0.29, 0.717) is 13.1 Å². The Morgan fingerprint density at radius 1 is 0.643 bits per heavy atom. The summed E-state index contributed by atoms with van der Waals surface area (Å²) in [6, 6.07) is 12.9. The number of aryl methyl sites for hydroxylation is 4. The average molecular weight is 426 g/mol. The van der Waals surface area contributed by atoms with Crippen molar-refractivity contribution in [3.05, 3.63) is 75.1 Å². The van der Waals surface area contributed by atoms with E-state index in [1.807, 2.05) is 0 Å². The van der Waals surface area contributed by atoms with Crippen molar-refractivity contribution in [1.82, 2.24) is 0 Å². The van der Waals surface area contributed by atoms with Crippen molar-refractivity contribution in [3.63, 3.8) is 0 Å². The van der Waals surface area contributed by atoms with Gasteiger partial charge in [-0.05, 0) is 59.1 Å². The first-order chi connectivity index (χ1) is 13.1. The summed E-state index contributed by atoms with van der Waals surface area (Å²) in [4.78, 5) is 0. The molecule has 0 saturated heterocycles. The normalized spacial score (nSPS) is 13.1. The van der Waals surface area contributed by atoms with Crippen LogP contribution in [0, 0.1) is 0 Å². The Balaban J connectivity index is 0.00000392. The summed E-state index contributed by atoms with van der Waals surface area (Å²) < 4.78 is 0. The van der Waals surface area contributed by atoms with Gasteiger partial charge in [0, 0.05) is 28.9 Å². The molecule has 2 aromatic carbocycles. The Kier molecular flexibility index (Phi) is 11.0. The van der Waals surface area contributed by atoms with Crippen LogP contribution >= 0.6 is 0 Å². The summed E-state index contributed by atoms with van der Waals surface area (Å²) >= 11 is 0. The van der Waals surface area contributed by atoms with Gasteiger partial charge in [0.25, 0.3) is 0 Å². The van der Waals surface area contributed by atoms with E-state index in [4.69, 9.17) is 16.8 Å². The van der Waals surface area contributed by atoms with Gasteiger partial charge in [0.2, 0.25) is 0 Å². The number of hydrogen-bond donors (Lipinski definition) is 2. The third kappa shape index (κ3) is 5.91. The van der Waals surface area contributed by atoms with E-state index in [2.05, 4.69) is 64.1 Å². The summed E-state index contributed by atoms with van der Waals surface area (Å²) in [5, 5.41) is 4.78. The van der Waals surface area contributed by atoms with Crippen molar-refractivity contribution in [1.29, 1.82) is 0 Å². The van der Waals surface area contributed by atoms with E-state index >= 15 is 0 Å². The van der Waals surface area contributed by atoms with Gasteiger partial charge in [0.05, 0.1) is 0 Å². The molecule has 0 aliphatic rings. The standard InChI is InChI=1S/C24H36N3.Co/c1-5-17-11-9-12-18(6-2)23(17)21(25)15-27-16-22(26)24-19(7-3)13-10-14-20(24)8-4;/h9-14,21-22H,5-8,15-16,25-26H2,1-4H3;/q-1;. The van der Waals surface area contributed by atoms with Crippen LogP contribution in [-0.4, -0.2) is 13.1 Å². The molecule has 4 heteroatoms. The molecule has 0 aromatic heterocycles. The Morgan fingerprint density at radius 2 is 0.929 bits per heavy atom. The van der Waals surface area contributed by atoms with Gasteiger partial charge in [0.15, 0.2) is 0 Å². The quantitative estimate of drug-likeness (QED) is 0.562. The average Bonchev–Trinajstić information content (AvgIpc) is 2.71. The van der Waals surface area contributed by atoms with Crippen LogP contribution in [0.15, 0.2) is 36.4 Å². The van der Waals surface area contributed by atoms with Crippen LogP contribution in [0.4, 0.5) is 0 Å². The smallest absolute Gasteiger partial charge is 0.0110 e. The maximum absolute atomic E-state index is 6.55. The van der Waals surface area contributed by atoms with E-state index in [1.165, 1.54) is 33.4 Å². The van der Waals surface area contributed by atoms with Gasteiger partial charge >= 0.3 is 0 Å². The molecule has 0 bridgehead atoms. The largest absolute Gasteiger partial charge is 0.659 e. The summed E-state index contributed by atoms with van der Waals surface area (Å²) in [6.45, 7) is 9.98. The molecule has 3 nitrogen and oxygen atoms in total. The number of rotatable bonds is 10. The van der Waals surface area contributed by atoms with Crippen LogP contribution < -0.4 is 11.5 Å². The number of benzene rings is 2. The number of nitrogens with two attached hydrogens (primary N) is 2. The maximum Gasteiger partial charge on any atom is 0.0110 e. The monoisotopic (exact) mass is 425 g/mol. The van der Waals surface area contributed by atoms with Gasteiger partial charge < -0.3 is 16.8 Å². The van der Waals surface area contributed by atoms with Crippen molar-refractivity contribution in [2.45, 2.75) is 65.5 Å². The zero-order chi connectivity index (χ0) is 19.8. The molecule has 2 unspecified atom stereocenters. The molecule has 0 saturated carbocycles. The van der Waals surface area contributed by atoms with Crippen LogP contribution in [0.3, 0.4) is 0 Å². The van der Waals surface area contributed by atoms with Gasteiger partial charge in [0.1, 0.15) is 0 Å². The fraction of sp³-hybridized carbons (Fsp3) is 0.500. The first-order valence-corrected chi connectivity index (χ1v) is 10.4. The van der Waals surface area contributed by atoms with E-state index in [1.54, 1.807) is 0 Å². The van der Waals surface area contributed by atoms with Crippen LogP contribution in [0.25, 0.3) is 5.32 Å². The minimum Gasteiger partial charge on any atom is -0.659 e. The fourth-order valence-electron chi connectivity index (χ4n) is 4.05. The van der Waals surface area contributed by atoms with Gasteiger partial charge in [-0.1, -0.05) is 64.1 Å². The first-order valence-electron chi connectivity index (χ1n) is 10.4. The van der Waals surface area contributed by atoms with E-state index in [-0.39, 0.29) is 28.9 Å². The Morgan fingerprint density at radius 3 is 1.18 bits per heavy atom. The van der Waals surface area contributed by atoms with Gasteiger partial charge in [-0.25, -0.2) is 0 Å². The summed E-state index contributed by atoms with van der Waals surface area (Å²) in [5.74, 6) is 0. The van der Waals surface area contributed by atoms with Crippen LogP contribution in [0.5, 0.6) is 0 Å². The van der Waals surface area contributed by atoms with Crippen molar-refractivity contribution < 1.29 is 16.8 Å². The zero-order valence-electron chi connectivity index (χ0n) is 17.8. The van der Waals surface area contributed by atoms with Gasteiger partial charge in [-0.15, -0.1) is 13.1 Å². The molecule has 0 fully saturated rings. The second-order valence-electron chi connectivity index (χ2n) is 7.20. The molecular formula is C24H36CoN3-. The minimum absolute atomic E-state index is 0. The number of hydrogen-bond acceptors (Lipinski definition) is 2. The molecule has 0 heterocycles. The number of nitrogens with zero attached hydrogens (tertiary/aromatic N) is 1. The molecule has 0 spiro atoms. The Labute approximate surface area is 181 Å². The predicted molar refractivity (Wildman–Crippen MR) is 117 cm³/mol. The third-order valence-electron chi connectivity index (χ3n) is 5.49.